The largest absolute Gasteiger partial charge is 0.342 e. The number of carbonyl (C=O) groups is 2. The van der Waals surface area contributed by atoms with Gasteiger partial charge in [0.15, 0.2) is 11.0 Å². The summed E-state index contributed by atoms with van der Waals surface area (Å²) in [6.45, 7) is 12.3. The third-order valence-corrected chi connectivity index (χ3v) is 6.82. The third-order valence-electron chi connectivity index (χ3n) is 5.36. The van der Waals surface area contributed by atoms with Gasteiger partial charge in [0.2, 0.25) is 5.91 Å². The summed E-state index contributed by atoms with van der Waals surface area (Å²) < 4.78 is 2.86. The van der Waals surface area contributed by atoms with Crippen LogP contribution < -0.4 is 10.6 Å². The number of nitrogens with one attached hydrogen (secondary N) is 2. The van der Waals surface area contributed by atoms with Crippen molar-refractivity contribution in [2.75, 3.05) is 11.1 Å². The van der Waals surface area contributed by atoms with Gasteiger partial charge in [0.1, 0.15) is 0 Å². The van der Waals surface area contributed by atoms with Crippen molar-refractivity contribution in [3.05, 3.63) is 82.1 Å². The average Bonchev–Trinajstić information content (AvgIpc) is 3.20. The summed E-state index contributed by atoms with van der Waals surface area (Å²) in [5.74, 6) is 0.570. The fraction of sp³-hybridized carbons (Fsp3) is 0.308. The molecule has 2 aromatic carbocycles. The van der Waals surface area contributed by atoms with E-state index in [-0.39, 0.29) is 29.5 Å². The number of carbonyl (C=O) groups excluding carboxylic acids is 2. The number of thioether (sulfide) groups is 1. The Labute approximate surface area is 218 Å². The van der Waals surface area contributed by atoms with Crippen molar-refractivity contribution in [1.82, 2.24) is 20.1 Å². The van der Waals surface area contributed by atoms with Crippen LogP contribution in [-0.2, 0) is 11.3 Å². The van der Waals surface area contributed by atoms with Crippen LogP contribution in [0.4, 0.5) is 5.69 Å². The number of aryl methyl sites for hydroxylation is 2. The van der Waals surface area contributed by atoms with Crippen LogP contribution in [0.15, 0.2) is 64.7 Å². The van der Waals surface area contributed by atoms with Crippen molar-refractivity contribution in [1.29, 1.82) is 0 Å². The Bertz CT molecular complexity index is 1220. The molecule has 0 aliphatic heterocycles. The summed E-state index contributed by atoms with van der Waals surface area (Å²) in [4.78, 5) is 25.5. The Morgan fingerprint density at radius 2 is 1.94 bits per heavy atom. The van der Waals surface area contributed by atoms with Gasteiger partial charge in [-0.3, -0.25) is 9.59 Å². The monoisotopic (exact) mass is 555 g/mol. The fourth-order valence-electron chi connectivity index (χ4n) is 3.56. The molecule has 0 saturated heterocycles. The standard InChI is InChI=1S/C26H30BrN5O2S/c1-6-12-32-24(23(16(2)3)29-25(34)19-9-7-8-17(4)13-19)30-31-26(32)35-15-22(33)28-21-11-10-20(27)14-18(21)5/h6-11,13-14,16,23H,1,12,15H2,2-5H3,(H,28,33)(H,29,34)/t23-/m1/s1. The summed E-state index contributed by atoms with van der Waals surface area (Å²) in [7, 11) is 0. The lowest BCUT2D eigenvalue weighted by Gasteiger charge is -2.22. The van der Waals surface area contributed by atoms with E-state index in [1.807, 2.05) is 68.7 Å². The highest BCUT2D eigenvalue weighted by atomic mass is 79.9. The molecule has 1 aromatic heterocycles. The lowest BCUT2D eigenvalue weighted by molar-refractivity contribution is -0.113. The smallest absolute Gasteiger partial charge is 0.251 e. The second-order valence-corrected chi connectivity index (χ2v) is 10.5. The predicted molar refractivity (Wildman–Crippen MR) is 145 cm³/mol. The second-order valence-electron chi connectivity index (χ2n) is 8.60. The van der Waals surface area contributed by atoms with Crippen molar-refractivity contribution in [2.24, 2.45) is 5.92 Å². The zero-order valence-corrected chi connectivity index (χ0v) is 22.7. The molecule has 0 radical (unpaired) electrons. The molecule has 0 aliphatic carbocycles. The maximum Gasteiger partial charge on any atom is 0.251 e. The Hall–Kier alpha value is -2.91. The number of aromatic nitrogens is 3. The van der Waals surface area contributed by atoms with Crippen LogP contribution in [0, 0.1) is 19.8 Å². The molecular formula is C26H30BrN5O2S. The van der Waals surface area contributed by atoms with E-state index in [1.165, 1.54) is 11.8 Å². The molecule has 1 atom stereocenters. The van der Waals surface area contributed by atoms with Crippen molar-refractivity contribution < 1.29 is 9.59 Å². The van der Waals surface area contributed by atoms with Gasteiger partial charge < -0.3 is 15.2 Å². The van der Waals surface area contributed by atoms with Crippen LogP contribution in [0.1, 0.15) is 47.2 Å². The highest BCUT2D eigenvalue weighted by molar-refractivity contribution is 9.10. The molecule has 0 fully saturated rings. The van der Waals surface area contributed by atoms with Gasteiger partial charge in [-0.05, 0) is 55.7 Å². The van der Waals surface area contributed by atoms with Gasteiger partial charge in [0.25, 0.3) is 5.91 Å². The highest BCUT2D eigenvalue weighted by Crippen LogP contribution is 2.26. The highest BCUT2D eigenvalue weighted by Gasteiger charge is 2.26. The summed E-state index contributed by atoms with van der Waals surface area (Å²) in [6.07, 6.45) is 1.75. The van der Waals surface area contributed by atoms with E-state index < -0.39 is 0 Å². The first-order chi connectivity index (χ1) is 16.7. The minimum absolute atomic E-state index is 0.0676. The average molecular weight is 557 g/mol. The van der Waals surface area contributed by atoms with Crippen LogP contribution in [-0.4, -0.2) is 32.3 Å². The number of benzene rings is 2. The summed E-state index contributed by atoms with van der Waals surface area (Å²) in [5, 5.41) is 15.4. The van der Waals surface area contributed by atoms with Crippen molar-refractivity contribution in [3.8, 4) is 0 Å². The van der Waals surface area contributed by atoms with Crippen LogP contribution >= 0.6 is 27.7 Å². The van der Waals surface area contributed by atoms with Gasteiger partial charge in [-0.2, -0.15) is 0 Å². The molecule has 1 heterocycles. The zero-order chi connectivity index (χ0) is 25.5. The molecule has 184 valence electrons. The third kappa shape index (κ3) is 7.05. The molecule has 7 nitrogen and oxygen atoms in total. The van der Waals surface area contributed by atoms with Gasteiger partial charge in [-0.15, -0.1) is 16.8 Å². The number of allylic oxidation sites excluding steroid dienone is 1. The Morgan fingerprint density at radius 1 is 1.17 bits per heavy atom. The molecule has 3 rings (SSSR count). The number of amides is 2. The molecular weight excluding hydrogens is 526 g/mol. The molecule has 35 heavy (non-hydrogen) atoms. The van der Waals surface area contributed by atoms with Crippen molar-refractivity contribution >= 4 is 45.2 Å². The van der Waals surface area contributed by atoms with E-state index >= 15 is 0 Å². The van der Waals surface area contributed by atoms with Gasteiger partial charge in [-0.25, -0.2) is 0 Å². The Kier molecular flexibility index (Phi) is 9.28. The normalized spacial score (nSPS) is 11.8. The van der Waals surface area contributed by atoms with Crippen LogP contribution in [0.3, 0.4) is 0 Å². The van der Waals surface area contributed by atoms with Gasteiger partial charge in [0.05, 0.1) is 11.8 Å². The lowest BCUT2D eigenvalue weighted by Crippen LogP contribution is -2.34. The second kappa shape index (κ2) is 12.2. The number of nitrogens with zero attached hydrogens (tertiary/aromatic N) is 3. The molecule has 0 aliphatic rings. The number of hydrogen-bond acceptors (Lipinski definition) is 5. The van der Waals surface area contributed by atoms with Gasteiger partial charge in [0, 0.05) is 22.3 Å². The summed E-state index contributed by atoms with van der Waals surface area (Å²) in [6, 6.07) is 12.8. The maximum atomic E-state index is 12.9. The molecule has 0 unspecified atom stereocenters. The first-order valence-electron chi connectivity index (χ1n) is 11.3. The SMILES string of the molecule is C=CCn1c(SCC(=O)Nc2ccc(Br)cc2C)nnc1[C@H](NC(=O)c1cccc(C)c1)C(C)C. The van der Waals surface area contributed by atoms with Gasteiger partial charge in [-0.1, -0.05) is 65.3 Å². The van der Waals surface area contributed by atoms with Crippen LogP contribution in [0.25, 0.3) is 0 Å². The van der Waals surface area contributed by atoms with E-state index in [0.29, 0.717) is 23.1 Å². The number of halogens is 1. The topological polar surface area (TPSA) is 88.9 Å². The molecule has 3 aromatic rings. The minimum Gasteiger partial charge on any atom is -0.342 e. The molecule has 0 spiro atoms. The Balaban J connectivity index is 1.75. The van der Waals surface area contributed by atoms with Crippen LogP contribution in [0.5, 0.6) is 0 Å². The summed E-state index contributed by atoms with van der Waals surface area (Å²) in [5.41, 5.74) is 3.36. The zero-order valence-electron chi connectivity index (χ0n) is 20.3. The number of anilines is 1. The van der Waals surface area contributed by atoms with E-state index in [9.17, 15) is 9.59 Å². The van der Waals surface area contributed by atoms with E-state index in [1.54, 1.807) is 12.1 Å². The lowest BCUT2D eigenvalue weighted by atomic mass is 10.0. The summed E-state index contributed by atoms with van der Waals surface area (Å²) >= 11 is 4.73. The Morgan fingerprint density at radius 3 is 2.60 bits per heavy atom. The van der Waals surface area contributed by atoms with E-state index in [4.69, 9.17) is 0 Å². The van der Waals surface area contributed by atoms with E-state index in [0.717, 1.165) is 21.3 Å². The predicted octanol–water partition coefficient (Wildman–Crippen LogP) is 5.70. The van der Waals surface area contributed by atoms with Crippen molar-refractivity contribution in [3.63, 3.8) is 0 Å². The molecule has 0 saturated carbocycles. The fourth-order valence-corrected chi connectivity index (χ4v) is 4.79. The number of hydrogen-bond donors (Lipinski definition) is 2. The van der Waals surface area contributed by atoms with E-state index in [2.05, 4.69) is 43.3 Å². The van der Waals surface area contributed by atoms with Crippen molar-refractivity contribution in [2.45, 2.75) is 45.4 Å². The maximum absolute atomic E-state index is 12.9. The molecule has 9 heteroatoms. The first-order valence-corrected chi connectivity index (χ1v) is 13.1. The van der Waals surface area contributed by atoms with Crippen LogP contribution in [0.2, 0.25) is 0 Å². The quantitative estimate of drug-likeness (QED) is 0.247. The van der Waals surface area contributed by atoms with Gasteiger partial charge >= 0.3 is 0 Å². The number of rotatable bonds is 10. The molecule has 0 bridgehead atoms. The molecule has 2 amide bonds. The molecule has 2 N–H and O–H groups in total. The first kappa shape index (κ1) is 26.7. The minimum atomic E-state index is -0.357.